The van der Waals surface area contributed by atoms with Crippen molar-refractivity contribution in [3.63, 3.8) is 0 Å². The number of hydrogen-bond acceptors (Lipinski definition) is 1. The van der Waals surface area contributed by atoms with E-state index >= 15 is 0 Å². The van der Waals surface area contributed by atoms with Gasteiger partial charge in [-0.15, -0.1) is 0 Å². The van der Waals surface area contributed by atoms with E-state index in [1.807, 2.05) is 12.1 Å². The van der Waals surface area contributed by atoms with E-state index in [1.165, 1.54) is 49.6 Å². The molecule has 0 N–H and O–H groups in total. The molecule has 2 nitrogen and oxygen atoms in total. The topological polar surface area (TPSA) is 8.17 Å². The third-order valence-corrected chi connectivity index (χ3v) is 11.0. The van der Waals surface area contributed by atoms with Crippen molar-refractivity contribution in [2.75, 3.05) is 4.90 Å². The Morgan fingerprint density at radius 1 is 0.386 bits per heavy atom. The lowest BCUT2D eigenvalue weighted by Crippen LogP contribution is -2.09. The van der Waals surface area contributed by atoms with Gasteiger partial charge in [0.15, 0.2) is 0 Å². The summed E-state index contributed by atoms with van der Waals surface area (Å²) in [4.78, 5) is 2.33. The van der Waals surface area contributed by atoms with Crippen LogP contribution in [0.3, 0.4) is 0 Å². The van der Waals surface area contributed by atoms with Crippen molar-refractivity contribution in [2.45, 2.75) is 6.92 Å². The first-order valence-corrected chi connectivity index (χ1v) is 19.4. The predicted octanol–water partition coefficient (Wildman–Crippen LogP) is 14.8. The maximum Gasteiger partial charge on any atom is 0.0541 e. The molecule has 268 valence electrons. The zero-order valence-electron chi connectivity index (χ0n) is 31.6. The van der Waals surface area contributed by atoms with Crippen molar-refractivity contribution in [3.05, 3.63) is 230 Å². The van der Waals surface area contributed by atoms with Gasteiger partial charge in [0.1, 0.15) is 0 Å². The molecule has 57 heavy (non-hydrogen) atoms. The SMILES string of the molecule is Cc1ccc(-c2ccc(N(c3ccc(-c4ccc(-n5c6ccccc6c6ccccc65)cc4)cc3)c3ccc(-c4cc#cc(-c5ccccc5)c4)cc3)cc2)cc1. The number of rotatable bonds is 8. The van der Waals surface area contributed by atoms with Crippen LogP contribution in [0, 0.1) is 19.1 Å². The zero-order valence-corrected chi connectivity index (χ0v) is 31.6. The molecular formula is C55H38N2. The van der Waals surface area contributed by atoms with Gasteiger partial charge >= 0.3 is 0 Å². The number of hydrogen-bond donors (Lipinski definition) is 0. The second-order valence-corrected chi connectivity index (χ2v) is 14.6. The van der Waals surface area contributed by atoms with Crippen LogP contribution in [-0.2, 0) is 0 Å². The Bertz CT molecular complexity index is 2900. The predicted molar refractivity (Wildman–Crippen MR) is 240 cm³/mol. The quantitative estimate of drug-likeness (QED) is 0.151. The molecule has 0 unspecified atom stereocenters. The monoisotopic (exact) mass is 726 g/mol. The van der Waals surface area contributed by atoms with Gasteiger partial charge in [-0.25, -0.2) is 0 Å². The van der Waals surface area contributed by atoms with Crippen molar-refractivity contribution < 1.29 is 0 Å². The summed E-state index contributed by atoms with van der Waals surface area (Å²) in [5, 5.41) is 2.54. The van der Waals surface area contributed by atoms with Gasteiger partial charge in [-0.1, -0.05) is 157 Å². The smallest absolute Gasteiger partial charge is 0.0541 e. The van der Waals surface area contributed by atoms with Gasteiger partial charge in [0.05, 0.1) is 11.0 Å². The fraction of sp³-hybridized carbons (Fsp3) is 0.0182. The average Bonchev–Trinajstić information content (AvgIpc) is 3.62. The Morgan fingerprint density at radius 3 is 1.32 bits per heavy atom. The van der Waals surface area contributed by atoms with E-state index in [2.05, 4.69) is 229 Å². The van der Waals surface area contributed by atoms with Crippen LogP contribution in [0.4, 0.5) is 17.1 Å². The van der Waals surface area contributed by atoms with E-state index < -0.39 is 0 Å². The molecular weight excluding hydrogens is 689 g/mol. The molecule has 0 aliphatic heterocycles. The third-order valence-electron chi connectivity index (χ3n) is 11.0. The van der Waals surface area contributed by atoms with Gasteiger partial charge in [0.25, 0.3) is 0 Å². The average molecular weight is 727 g/mol. The molecule has 0 spiro atoms. The van der Waals surface area contributed by atoms with Crippen LogP contribution in [0.15, 0.2) is 212 Å². The Kier molecular flexibility index (Phi) is 8.67. The molecule has 0 atom stereocenters. The molecule has 0 saturated heterocycles. The second-order valence-electron chi connectivity index (χ2n) is 14.6. The highest BCUT2D eigenvalue weighted by Gasteiger charge is 2.15. The summed E-state index contributed by atoms with van der Waals surface area (Å²) < 4.78 is 2.36. The van der Waals surface area contributed by atoms with Crippen LogP contribution in [0.1, 0.15) is 5.56 Å². The number of benzene rings is 8. The summed E-state index contributed by atoms with van der Waals surface area (Å²) in [5.41, 5.74) is 17.3. The summed E-state index contributed by atoms with van der Waals surface area (Å²) in [6, 6.07) is 82.7. The van der Waals surface area contributed by atoms with Crippen molar-refractivity contribution in [3.8, 4) is 50.2 Å². The van der Waals surface area contributed by atoms with E-state index in [1.54, 1.807) is 0 Å². The maximum absolute atomic E-state index is 3.29. The normalized spacial score (nSPS) is 11.1. The first-order valence-electron chi connectivity index (χ1n) is 19.4. The summed E-state index contributed by atoms with van der Waals surface area (Å²) in [7, 11) is 0. The highest BCUT2D eigenvalue weighted by atomic mass is 15.1. The second kappa shape index (κ2) is 14.6. The van der Waals surface area contributed by atoms with Gasteiger partial charge in [0.2, 0.25) is 0 Å². The van der Waals surface area contributed by atoms with Crippen LogP contribution in [0.2, 0.25) is 0 Å². The van der Waals surface area contributed by atoms with Crippen molar-refractivity contribution in [1.82, 2.24) is 4.57 Å². The van der Waals surface area contributed by atoms with Gasteiger partial charge < -0.3 is 9.47 Å². The van der Waals surface area contributed by atoms with Crippen LogP contribution in [0.25, 0.3) is 72.0 Å². The summed E-state index contributed by atoms with van der Waals surface area (Å²) in [5.74, 6) is 0. The minimum Gasteiger partial charge on any atom is -0.311 e. The Hall–Kier alpha value is -7.60. The molecule has 0 amide bonds. The standard InChI is InChI=1S/C55H38N2/c1-39-18-20-41(21-19-39)42-22-30-48(31-23-42)56(50-34-28-45(29-35-50)47-13-9-12-46(38-47)40-10-3-2-4-11-40)49-32-24-43(25-33-49)44-26-36-51(37-27-44)57-54-16-7-5-14-52(54)53-15-6-8-17-55(53)57/h2-8,10-11,13-38H,1H3. The number of anilines is 3. The van der Waals surface area contributed by atoms with Crippen LogP contribution < -0.4 is 4.90 Å². The molecule has 0 aliphatic carbocycles. The largest absolute Gasteiger partial charge is 0.311 e. The molecule has 0 bridgehead atoms. The van der Waals surface area contributed by atoms with Crippen molar-refractivity contribution in [2.24, 2.45) is 0 Å². The van der Waals surface area contributed by atoms with E-state index in [9.17, 15) is 0 Å². The fourth-order valence-corrected chi connectivity index (χ4v) is 7.97. The van der Waals surface area contributed by atoms with Gasteiger partial charge in [-0.05, 0) is 119 Å². The first kappa shape index (κ1) is 33.9. The van der Waals surface area contributed by atoms with Gasteiger partial charge in [0, 0.05) is 39.1 Å². The number of nitrogens with zero attached hydrogens (tertiary/aromatic N) is 2. The number of para-hydroxylation sites is 2. The zero-order chi connectivity index (χ0) is 38.1. The first-order chi connectivity index (χ1) is 28.2. The highest BCUT2D eigenvalue weighted by Crippen LogP contribution is 2.39. The van der Waals surface area contributed by atoms with Crippen LogP contribution >= 0.6 is 0 Å². The summed E-state index contributed by atoms with van der Waals surface area (Å²) in [6.07, 6.45) is 0. The summed E-state index contributed by atoms with van der Waals surface area (Å²) in [6.45, 7) is 2.13. The molecule has 10 rings (SSSR count). The number of fused-ring (bicyclic) bond motifs is 3. The molecule has 2 heteroatoms. The molecule has 1 heterocycles. The van der Waals surface area contributed by atoms with E-state index in [-0.39, 0.29) is 0 Å². The lowest BCUT2D eigenvalue weighted by atomic mass is 10.00. The number of aryl methyl sites for hydroxylation is 1. The Labute approximate surface area is 334 Å². The molecule has 1 aromatic heterocycles. The fourth-order valence-electron chi connectivity index (χ4n) is 7.97. The molecule has 0 fully saturated rings. The Balaban J connectivity index is 0.981. The van der Waals surface area contributed by atoms with Crippen LogP contribution in [0.5, 0.6) is 0 Å². The van der Waals surface area contributed by atoms with Crippen LogP contribution in [-0.4, -0.2) is 4.57 Å². The van der Waals surface area contributed by atoms with E-state index in [4.69, 9.17) is 0 Å². The Morgan fingerprint density at radius 2 is 0.807 bits per heavy atom. The minimum atomic E-state index is 1.04. The molecule has 0 aliphatic rings. The van der Waals surface area contributed by atoms with E-state index in [0.717, 1.165) is 45.0 Å². The highest BCUT2D eigenvalue weighted by molar-refractivity contribution is 6.09. The lowest BCUT2D eigenvalue weighted by molar-refractivity contribution is 1.18. The molecule has 9 aromatic carbocycles. The van der Waals surface area contributed by atoms with Crippen molar-refractivity contribution in [1.29, 1.82) is 0 Å². The van der Waals surface area contributed by atoms with Gasteiger partial charge in [-0.2, -0.15) is 0 Å². The summed E-state index contributed by atoms with van der Waals surface area (Å²) >= 11 is 0. The van der Waals surface area contributed by atoms with Gasteiger partial charge in [-0.3, -0.25) is 0 Å². The third kappa shape index (κ3) is 6.52. The van der Waals surface area contributed by atoms with Crippen molar-refractivity contribution >= 4 is 38.9 Å². The number of aromatic nitrogens is 1. The lowest BCUT2D eigenvalue weighted by Gasteiger charge is -2.26. The molecule has 0 saturated carbocycles. The molecule has 0 radical (unpaired) electrons. The molecule has 10 aromatic rings. The minimum absolute atomic E-state index is 1.04. The van der Waals surface area contributed by atoms with E-state index in [0.29, 0.717) is 0 Å². The maximum atomic E-state index is 3.29.